The van der Waals surface area contributed by atoms with Gasteiger partial charge in [0.1, 0.15) is 0 Å². The fraction of sp³-hybridized carbons (Fsp3) is 1.00. The largest absolute Gasteiger partial charge is 0.375 e. The normalized spacial score (nSPS) is 30.3. The Bertz CT molecular complexity index is 121. The van der Waals surface area contributed by atoms with E-state index in [1.165, 1.54) is 0 Å². The lowest BCUT2D eigenvalue weighted by atomic mass is 9.94. The molecule has 2 nitrogen and oxygen atoms in total. The van der Waals surface area contributed by atoms with E-state index in [0.717, 1.165) is 26.0 Å². The van der Waals surface area contributed by atoms with Crippen molar-refractivity contribution in [1.82, 2.24) is 5.32 Å². The summed E-state index contributed by atoms with van der Waals surface area (Å²) in [5, 5.41) is 3.46. The molecule has 66 valence electrons. The van der Waals surface area contributed by atoms with Crippen LogP contribution in [0.1, 0.15) is 33.6 Å². The van der Waals surface area contributed by atoms with E-state index in [0.29, 0.717) is 6.04 Å². The minimum atomic E-state index is 0.0884. The summed E-state index contributed by atoms with van der Waals surface area (Å²) in [4.78, 5) is 0. The maximum Gasteiger partial charge on any atom is 0.0641 e. The summed E-state index contributed by atoms with van der Waals surface area (Å²) in [7, 11) is 0. The van der Waals surface area contributed by atoms with Gasteiger partial charge in [-0.15, -0.1) is 0 Å². The molecule has 0 radical (unpaired) electrons. The molecule has 1 fully saturated rings. The third-order valence-corrected chi connectivity index (χ3v) is 2.19. The molecule has 0 aromatic rings. The highest BCUT2D eigenvalue weighted by Gasteiger charge is 2.27. The van der Waals surface area contributed by atoms with Crippen LogP contribution in [-0.4, -0.2) is 24.8 Å². The van der Waals surface area contributed by atoms with Gasteiger partial charge >= 0.3 is 0 Å². The van der Waals surface area contributed by atoms with Crippen molar-refractivity contribution in [3.8, 4) is 0 Å². The number of hydrogen-bond donors (Lipinski definition) is 1. The summed E-state index contributed by atoms with van der Waals surface area (Å²) in [5.41, 5.74) is 0.0884. The van der Waals surface area contributed by atoms with Crippen LogP contribution in [0.25, 0.3) is 0 Å². The molecule has 0 unspecified atom stereocenters. The van der Waals surface area contributed by atoms with Crippen molar-refractivity contribution in [2.75, 3.05) is 13.2 Å². The highest BCUT2D eigenvalue weighted by atomic mass is 16.5. The third-order valence-electron chi connectivity index (χ3n) is 2.19. The molecule has 0 aromatic carbocycles. The first-order chi connectivity index (χ1) is 5.14. The maximum atomic E-state index is 5.60. The SMILES string of the molecule is CCN[C@@H]1CCOC(C)(C)C1. The van der Waals surface area contributed by atoms with Gasteiger partial charge in [-0.05, 0) is 33.2 Å². The summed E-state index contributed by atoms with van der Waals surface area (Å²) in [5.74, 6) is 0. The van der Waals surface area contributed by atoms with Gasteiger partial charge in [0, 0.05) is 12.6 Å². The predicted octanol–water partition coefficient (Wildman–Crippen LogP) is 1.55. The van der Waals surface area contributed by atoms with E-state index in [1.807, 2.05) is 0 Å². The topological polar surface area (TPSA) is 21.3 Å². The predicted molar refractivity (Wildman–Crippen MR) is 46.7 cm³/mol. The highest BCUT2D eigenvalue weighted by Crippen LogP contribution is 2.23. The Morgan fingerprint density at radius 3 is 2.82 bits per heavy atom. The first-order valence-corrected chi connectivity index (χ1v) is 4.51. The molecule has 1 rings (SSSR count). The number of ether oxygens (including phenoxy) is 1. The van der Waals surface area contributed by atoms with Crippen LogP contribution in [0.15, 0.2) is 0 Å². The van der Waals surface area contributed by atoms with E-state index in [-0.39, 0.29) is 5.60 Å². The average molecular weight is 157 g/mol. The highest BCUT2D eigenvalue weighted by molar-refractivity contribution is 4.82. The molecule has 1 atom stereocenters. The lowest BCUT2D eigenvalue weighted by Crippen LogP contribution is -2.43. The van der Waals surface area contributed by atoms with Gasteiger partial charge in [-0.3, -0.25) is 0 Å². The van der Waals surface area contributed by atoms with Gasteiger partial charge in [-0.1, -0.05) is 6.92 Å². The second-order valence-electron chi connectivity index (χ2n) is 3.86. The zero-order valence-electron chi connectivity index (χ0n) is 7.81. The van der Waals surface area contributed by atoms with Gasteiger partial charge in [-0.2, -0.15) is 0 Å². The quantitative estimate of drug-likeness (QED) is 0.656. The monoisotopic (exact) mass is 157 g/mol. The Balaban J connectivity index is 2.34. The second-order valence-corrected chi connectivity index (χ2v) is 3.86. The third kappa shape index (κ3) is 2.80. The van der Waals surface area contributed by atoms with Gasteiger partial charge in [0.15, 0.2) is 0 Å². The molecule has 1 N–H and O–H groups in total. The summed E-state index contributed by atoms with van der Waals surface area (Å²) < 4.78 is 5.60. The minimum Gasteiger partial charge on any atom is -0.375 e. The van der Waals surface area contributed by atoms with Crippen LogP contribution < -0.4 is 5.32 Å². The zero-order valence-corrected chi connectivity index (χ0v) is 7.81. The second kappa shape index (κ2) is 3.55. The van der Waals surface area contributed by atoms with E-state index in [2.05, 4.69) is 26.1 Å². The van der Waals surface area contributed by atoms with Crippen LogP contribution in [-0.2, 0) is 4.74 Å². The summed E-state index contributed by atoms with van der Waals surface area (Å²) >= 11 is 0. The van der Waals surface area contributed by atoms with Gasteiger partial charge < -0.3 is 10.1 Å². The van der Waals surface area contributed by atoms with Crippen molar-refractivity contribution >= 4 is 0 Å². The zero-order chi connectivity index (χ0) is 8.32. The first kappa shape index (κ1) is 9.01. The van der Waals surface area contributed by atoms with Crippen LogP contribution in [0, 0.1) is 0 Å². The summed E-state index contributed by atoms with van der Waals surface area (Å²) in [6.45, 7) is 8.46. The smallest absolute Gasteiger partial charge is 0.0641 e. The van der Waals surface area contributed by atoms with E-state index in [9.17, 15) is 0 Å². The van der Waals surface area contributed by atoms with Gasteiger partial charge in [-0.25, -0.2) is 0 Å². The van der Waals surface area contributed by atoms with Crippen LogP contribution in [0.5, 0.6) is 0 Å². The average Bonchev–Trinajstić information content (AvgIpc) is 1.85. The molecule has 0 aliphatic carbocycles. The molecule has 0 saturated carbocycles. The van der Waals surface area contributed by atoms with Crippen LogP contribution in [0.4, 0.5) is 0 Å². The molecule has 0 bridgehead atoms. The fourth-order valence-corrected chi connectivity index (χ4v) is 1.69. The Morgan fingerprint density at radius 2 is 2.27 bits per heavy atom. The van der Waals surface area contributed by atoms with E-state index >= 15 is 0 Å². The molecular weight excluding hydrogens is 138 g/mol. The fourth-order valence-electron chi connectivity index (χ4n) is 1.69. The lowest BCUT2D eigenvalue weighted by molar-refractivity contribution is -0.0625. The van der Waals surface area contributed by atoms with Crippen molar-refractivity contribution in [2.45, 2.75) is 45.3 Å². The molecule has 0 amide bonds. The van der Waals surface area contributed by atoms with Crippen molar-refractivity contribution in [3.63, 3.8) is 0 Å². The number of hydrogen-bond acceptors (Lipinski definition) is 2. The van der Waals surface area contributed by atoms with Gasteiger partial charge in [0.05, 0.1) is 5.60 Å². The molecule has 1 aliphatic heterocycles. The molecule has 0 aromatic heterocycles. The van der Waals surface area contributed by atoms with E-state index in [1.54, 1.807) is 0 Å². The Kier molecular flexibility index (Phi) is 2.90. The number of nitrogens with one attached hydrogen (secondary N) is 1. The molecular formula is C9H19NO. The molecule has 1 aliphatic rings. The molecule has 1 heterocycles. The van der Waals surface area contributed by atoms with E-state index in [4.69, 9.17) is 4.74 Å². The molecule has 11 heavy (non-hydrogen) atoms. The summed E-state index contributed by atoms with van der Waals surface area (Å²) in [6, 6.07) is 0.670. The lowest BCUT2D eigenvalue weighted by Gasteiger charge is -2.35. The minimum absolute atomic E-state index is 0.0884. The molecule has 0 spiro atoms. The van der Waals surface area contributed by atoms with Crippen LogP contribution in [0.3, 0.4) is 0 Å². The van der Waals surface area contributed by atoms with Crippen molar-refractivity contribution < 1.29 is 4.74 Å². The Morgan fingerprint density at radius 1 is 1.55 bits per heavy atom. The van der Waals surface area contributed by atoms with Crippen LogP contribution in [0.2, 0.25) is 0 Å². The number of rotatable bonds is 2. The molecule has 1 saturated heterocycles. The Hall–Kier alpha value is -0.0800. The first-order valence-electron chi connectivity index (χ1n) is 4.51. The molecule has 2 heteroatoms. The van der Waals surface area contributed by atoms with Crippen molar-refractivity contribution in [3.05, 3.63) is 0 Å². The van der Waals surface area contributed by atoms with Crippen LogP contribution >= 0.6 is 0 Å². The maximum absolute atomic E-state index is 5.60. The van der Waals surface area contributed by atoms with E-state index < -0.39 is 0 Å². The standard InChI is InChI=1S/C9H19NO/c1-4-10-8-5-6-11-9(2,3)7-8/h8,10H,4-7H2,1-3H3/t8-/m1/s1. The summed E-state index contributed by atoms with van der Waals surface area (Å²) in [6.07, 6.45) is 2.30. The Labute approximate surface area is 69.3 Å². The van der Waals surface area contributed by atoms with Crippen molar-refractivity contribution in [1.29, 1.82) is 0 Å². The van der Waals surface area contributed by atoms with Gasteiger partial charge in [0.2, 0.25) is 0 Å². The van der Waals surface area contributed by atoms with Gasteiger partial charge in [0.25, 0.3) is 0 Å². The van der Waals surface area contributed by atoms with Crippen molar-refractivity contribution in [2.24, 2.45) is 0 Å².